The Morgan fingerprint density at radius 1 is 1.30 bits per heavy atom. The summed E-state index contributed by atoms with van der Waals surface area (Å²) >= 11 is 0. The van der Waals surface area contributed by atoms with Gasteiger partial charge in [-0.25, -0.2) is 4.39 Å². The zero-order valence-electron chi connectivity index (χ0n) is 13.6. The van der Waals surface area contributed by atoms with Crippen molar-refractivity contribution >= 4 is 11.9 Å². The first-order chi connectivity index (χ1) is 10.8. The first kappa shape index (κ1) is 17.4. The summed E-state index contributed by atoms with van der Waals surface area (Å²) in [6.45, 7) is 4.04. The number of carbonyl (C=O) groups excluding carboxylic acids is 1. The van der Waals surface area contributed by atoms with E-state index in [9.17, 15) is 19.1 Å². The largest absolute Gasteiger partial charge is 0.481 e. The fourth-order valence-corrected chi connectivity index (χ4v) is 2.89. The van der Waals surface area contributed by atoms with Crippen molar-refractivity contribution in [1.29, 1.82) is 0 Å². The van der Waals surface area contributed by atoms with E-state index in [2.05, 4.69) is 5.32 Å². The summed E-state index contributed by atoms with van der Waals surface area (Å²) in [7, 11) is 0. The van der Waals surface area contributed by atoms with Gasteiger partial charge in [-0.05, 0) is 43.2 Å². The number of hydrogen-bond donors (Lipinski definition) is 2. The molecule has 1 fully saturated rings. The summed E-state index contributed by atoms with van der Waals surface area (Å²) in [5.41, 5.74) is -0.0274. The van der Waals surface area contributed by atoms with Crippen molar-refractivity contribution in [2.24, 2.45) is 17.3 Å². The van der Waals surface area contributed by atoms with Gasteiger partial charge in [0.15, 0.2) is 0 Å². The van der Waals surface area contributed by atoms with E-state index >= 15 is 0 Å². The second-order valence-electron chi connectivity index (χ2n) is 6.92. The molecule has 23 heavy (non-hydrogen) atoms. The number of amides is 1. The fourth-order valence-electron chi connectivity index (χ4n) is 2.89. The molecule has 1 amide bonds. The molecule has 0 saturated heterocycles. The second kappa shape index (κ2) is 7.11. The van der Waals surface area contributed by atoms with Crippen molar-refractivity contribution in [1.82, 2.24) is 5.32 Å². The SMILES string of the molecule is CC(C)CC(CNC(=O)C1(Cc2ccccc2F)CC1)C(=O)O. The van der Waals surface area contributed by atoms with E-state index in [0.29, 0.717) is 18.4 Å². The maximum absolute atomic E-state index is 13.8. The van der Waals surface area contributed by atoms with Crippen LogP contribution in [-0.2, 0) is 16.0 Å². The van der Waals surface area contributed by atoms with Gasteiger partial charge in [0.2, 0.25) is 5.91 Å². The molecule has 0 aliphatic heterocycles. The maximum Gasteiger partial charge on any atom is 0.308 e. The summed E-state index contributed by atoms with van der Waals surface area (Å²) in [4.78, 5) is 23.7. The van der Waals surface area contributed by atoms with Crippen molar-refractivity contribution < 1.29 is 19.1 Å². The average molecular weight is 321 g/mol. The molecule has 5 heteroatoms. The third kappa shape index (κ3) is 4.53. The van der Waals surface area contributed by atoms with Gasteiger partial charge in [-0.3, -0.25) is 9.59 Å². The van der Waals surface area contributed by atoms with E-state index in [0.717, 1.165) is 12.8 Å². The van der Waals surface area contributed by atoms with Crippen molar-refractivity contribution in [3.05, 3.63) is 35.6 Å². The number of halogens is 1. The molecule has 1 aliphatic carbocycles. The van der Waals surface area contributed by atoms with E-state index < -0.39 is 17.3 Å². The normalized spacial score (nSPS) is 16.9. The van der Waals surface area contributed by atoms with Crippen molar-refractivity contribution in [3.63, 3.8) is 0 Å². The van der Waals surface area contributed by atoms with Crippen LogP contribution in [0.1, 0.15) is 38.7 Å². The number of nitrogens with one attached hydrogen (secondary N) is 1. The molecule has 0 radical (unpaired) electrons. The molecule has 1 unspecified atom stereocenters. The van der Waals surface area contributed by atoms with E-state index in [-0.39, 0.29) is 24.2 Å². The zero-order valence-corrected chi connectivity index (χ0v) is 13.6. The predicted octanol–water partition coefficient (Wildman–Crippen LogP) is 3.01. The van der Waals surface area contributed by atoms with Crippen LogP contribution in [0.15, 0.2) is 24.3 Å². The molecule has 1 atom stereocenters. The minimum absolute atomic E-state index is 0.130. The Labute approximate surface area is 136 Å². The number of hydrogen-bond acceptors (Lipinski definition) is 2. The van der Waals surface area contributed by atoms with Gasteiger partial charge >= 0.3 is 5.97 Å². The molecule has 2 rings (SSSR count). The van der Waals surface area contributed by atoms with Crippen molar-refractivity contribution in [2.75, 3.05) is 6.54 Å². The quantitative estimate of drug-likeness (QED) is 0.773. The van der Waals surface area contributed by atoms with Crippen molar-refractivity contribution in [2.45, 2.75) is 39.5 Å². The standard InChI is InChI=1S/C18H24FNO3/c1-12(2)9-14(16(21)22)11-20-17(23)18(7-8-18)10-13-5-3-4-6-15(13)19/h3-6,12,14H,7-11H2,1-2H3,(H,20,23)(H,21,22). The van der Waals surface area contributed by atoms with Gasteiger partial charge in [0.05, 0.1) is 11.3 Å². The molecule has 0 spiro atoms. The number of carboxylic acid groups (broad SMARTS) is 1. The Hall–Kier alpha value is -1.91. The van der Waals surface area contributed by atoms with Crippen molar-refractivity contribution in [3.8, 4) is 0 Å². The van der Waals surface area contributed by atoms with Crippen LogP contribution in [0.4, 0.5) is 4.39 Å². The Bertz CT molecular complexity index is 581. The fraction of sp³-hybridized carbons (Fsp3) is 0.556. The van der Waals surface area contributed by atoms with Crippen LogP contribution in [0.2, 0.25) is 0 Å². The highest BCUT2D eigenvalue weighted by Gasteiger charge is 2.50. The maximum atomic E-state index is 13.8. The minimum Gasteiger partial charge on any atom is -0.481 e. The third-order valence-electron chi connectivity index (χ3n) is 4.44. The monoisotopic (exact) mass is 321 g/mol. The van der Waals surface area contributed by atoms with Crippen LogP contribution in [0.5, 0.6) is 0 Å². The summed E-state index contributed by atoms with van der Waals surface area (Å²) in [5.74, 6) is -1.67. The molecular formula is C18H24FNO3. The molecule has 1 aromatic carbocycles. The number of benzene rings is 1. The molecule has 1 aliphatic rings. The molecule has 0 aromatic heterocycles. The smallest absolute Gasteiger partial charge is 0.308 e. The van der Waals surface area contributed by atoms with Crippen LogP contribution < -0.4 is 5.32 Å². The van der Waals surface area contributed by atoms with Crippen LogP contribution in [0.3, 0.4) is 0 Å². The van der Waals surface area contributed by atoms with Gasteiger partial charge in [-0.2, -0.15) is 0 Å². The molecule has 4 nitrogen and oxygen atoms in total. The summed E-state index contributed by atoms with van der Waals surface area (Å²) in [6, 6.07) is 6.48. The molecular weight excluding hydrogens is 297 g/mol. The summed E-state index contributed by atoms with van der Waals surface area (Å²) in [6.07, 6.45) is 2.33. The first-order valence-electron chi connectivity index (χ1n) is 8.08. The first-order valence-corrected chi connectivity index (χ1v) is 8.08. The Morgan fingerprint density at radius 2 is 1.96 bits per heavy atom. The Balaban J connectivity index is 1.94. The summed E-state index contributed by atoms with van der Waals surface area (Å²) in [5, 5.41) is 12.0. The van der Waals surface area contributed by atoms with E-state index in [1.807, 2.05) is 13.8 Å². The van der Waals surface area contributed by atoms with Crippen LogP contribution in [-0.4, -0.2) is 23.5 Å². The average Bonchev–Trinajstić information content (AvgIpc) is 3.26. The highest BCUT2D eigenvalue weighted by molar-refractivity contribution is 5.86. The number of aliphatic carboxylic acids is 1. The van der Waals surface area contributed by atoms with Gasteiger partial charge in [-0.1, -0.05) is 32.0 Å². The Morgan fingerprint density at radius 3 is 2.48 bits per heavy atom. The van der Waals surface area contributed by atoms with Crippen LogP contribution in [0.25, 0.3) is 0 Å². The van der Waals surface area contributed by atoms with Gasteiger partial charge in [-0.15, -0.1) is 0 Å². The number of carbonyl (C=O) groups is 2. The van der Waals surface area contributed by atoms with E-state index in [4.69, 9.17) is 0 Å². The highest BCUT2D eigenvalue weighted by Crippen LogP contribution is 2.48. The van der Waals surface area contributed by atoms with Crippen LogP contribution in [0, 0.1) is 23.1 Å². The topological polar surface area (TPSA) is 66.4 Å². The van der Waals surface area contributed by atoms with Gasteiger partial charge in [0, 0.05) is 6.54 Å². The zero-order chi connectivity index (χ0) is 17.0. The predicted molar refractivity (Wildman–Crippen MR) is 85.4 cm³/mol. The minimum atomic E-state index is -0.891. The van der Waals surface area contributed by atoms with Gasteiger partial charge < -0.3 is 10.4 Å². The third-order valence-corrected chi connectivity index (χ3v) is 4.44. The molecule has 126 valence electrons. The molecule has 1 aromatic rings. The lowest BCUT2D eigenvalue weighted by molar-refractivity contribution is -0.142. The number of rotatable bonds is 8. The van der Waals surface area contributed by atoms with Crippen LogP contribution >= 0.6 is 0 Å². The molecule has 0 heterocycles. The lowest BCUT2D eigenvalue weighted by Crippen LogP contribution is -2.39. The lowest BCUT2D eigenvalue weighted by atomic mass is 9.94. The highest BCUT2D eigenvalue weighted by atomic mass is 19.1. The lowest BCUT2D eigenvalue weighted by Gasteiger charge is -2.19. The van der Waals surface area contributed by atoms with E-state index in [1.165, 1.54) is 6.07 Å². The molecule has 1 saturated carbocycles. The van der Waals surface area contributed by atoms with Gasteiger partial charge in [0.25, 0.3) is 0 Å². The van der Waals surface area contributed by atoms with Gasteiger partial charge in [0.1, 0.15) is 5.82 Å². The molecule has 2 N–H and O–H groups in total. The number of carboxylic acids is 1. The van der Waals surface area contributed by atoms with E-state index in [1.54, 1.807) is 18.2 Å². The second-order valence-corrected chi connectivity index (χ2v) is 6.92. The molecule has 0 bridgehead atoms. The summed E-state index contributed by atoms with van der Waals surface area (Å²) < 4.78 is 13.8. The Kier molecular flexibility index (Phi) is 5.39.